The van der Waals surface area contributed by atoms with E-state index in [4.69, 9.17) is 4.74 Å². The number of para-hydroxylation sites is 3. The average Bonchev–Trinajstić information content (AvgIpc) is 2.73. The zero-order chi connectivity index (χ0) is 19.8. The zero-order valence-corrected chi connectivity index (χ0v) is 16.6. The summed E-state index contributed by atoms with van der Waals surface area (Å²) in [6.07, 6.45) is 0. The van der Waals surface area contributed by atoms with Gasteiger partial charge in [-0.25, -0.2) is 0 Å². The predicted octanol–water partition coefficient (Wildman–Crippen LogP) is 4.77. The minimum atomic E-state index is -0.491. The van der Waals surface area contributed by atoms with Gasteiger partial charge in [0.2, 0.25) is 0 Å². The van der Waals surface area contributed by atoms with Crippen LogP contribution in [0, 0.1) is 0 Å². The molecule has 0 saturated carbocycles. The van der Waals surface area contributed by atoms with Crippen molar-refractivity contribution in [2.45, 2.75) is 0 Å². The van der Waals surface area contributed by atoms with Crippen LogP contribution in [0.3, 0.4) is 0 Å². The summed E-state index contributed by atoms with van der Waals surface area (Å²) in [5.41, 5.74) is 2.35. The molecule has 0 aliphatic rings. The summed E-state index contributed by atoms with van der Waals surface area (Å²) in [5, 5.41) is 2.71. The second-order valence-corrected chi connectivity index (χ2v) is 6.80. The minimum absolute atomic E-state index is 0.00363. The highest BCUT2D eigenvalue weighted by atomic mass is 79.9. The van der Waals surface area contributed by atoms with Gasteiger partial charge in [-0.3, -0.25) is 9.59 Å². The molecule has 3 aromatic rings. The maximum Gasteiger partial charge on any atom is 0.326 e. The molecule has 0 aliphatic heterocycles. The highest BCUT2D eigenvalue weighted by molar-refractivity contribution is 9.10. The molecule has 0 heterocycles. The number of nitrogens with one attached hydrogen (secondary N) is 1. The maximum absolute atomic E-state index is 12.4. The van der Waals surface area contributed by atoms with Crippen molar-refractivity contribution in [3.63, 3.8) is 0 Å². The number of carbonyl (C=O) groups is 2. The van der Waals surface area contributed by atoms with Gasteiger partial charge in [-0.1, -0.05) is 48.5 Å². The van der Waals surface area contributed by atoms with E-state index in [0.29, 0.717) is 5.69 Å². The number of halogens is 1. The van der Waals surface area contributed by atoms with Crippen molar-refractivity contribution >= 4 is 44.9 Å². The van der Waals surface area contributed by atoms with E-state index < -0.39 is 11.9 Å². The van der Waals surface area contributed by atoms with Gasteiger partial charge in [-0.15, -0.1) is 0 Å². The molecule has 1 amide bonds. The summed E-state index contributed by atoms with van der Waals surface area (Å²) in [6, 6.07) is 26.3. The van der Waals surface area contributed by atoms with E-state index in [0.717, 1.165) is 15.8 Å². The van der Waals surface area contributed by atoms with Gasteiger partial charge in [0.1, 0.15) is 6.54 Å². The molecular formula is C22H19BrN2O3. The Morgan fingerprint density at radius 2 is 1.36 bits per heavy atom. The molecule has 0 atom stereocenters. The van der Waals surface area contributed by atoms with E-state index in [1.54, 1.807) is 6.07 Å². The smallest absolute Gasteiger partial charge is 0.326 e. The molecule has 5 nitrogen and oxygen atoms in total. The van der Waals surface area contributed by atoms with Crippen LogP contribution in [0.5, 0.6) is 0 Å². The van der Waals surface area contributed by atoms with Crippen molar-refractivity contribution in [2.75, 3.05) is 23.4 Å². The average molecular weight is 439 g/mol. The maximum atomic E-state index is 12.4. The molecule has 28 heavy (non-hydrogen) atoms. The second kappa shape index (κ2) is 9.71. The Kier molecular flexibility index (Phi) is 6.81. The number of anilines is 3. The number of rotatable bonds is 7. The van der Waals surface area contributed by atoms with Gasteiger partial charge in [0.15, 0.2) is 6.61 Å². The fourth-order valence-electron chi connectivity index (χ4n) is 2.62. The molecule has 0 aromatic heterocycles. The fourth-order valence-corrected chi connectivity index (χ4v) is 3.00. The number of amides is 1. The number of hydrogen-bond donors (Lipinski definition) is 1. The van der Waals surface area contributed by atoms with Crippen molar-refractivity contribution in [2.24, 2.45) is 0 Å². The highest BCUT2D eigenvalue weighted by Gasteiger charge is 2.16. The lowest BCUT2D eigenvalue weighted by atomic mass is 10.2. The summed E-state index contributed by atoms with van der Waals surface area (Å²) < 4.78 is 5.94. The van der Waals surface area contributed by atoms with Gasteiger partial charge < -0.3 is 15.0 Å². The lowest BCUT2D eigenvalue weighted by Crippen LogP contribution is -2.29. The molecule has 0 unspecified atom stereocenters. The normalized spacial score (nSPS) is 10.2. The molecule has 1 N–H and O–H groups in total. The van der Waals surface area contributed by atoms with Crippen LogP contribution in [0.1, 0.15) is 0 Å². The van der Waals surface area contributed by atoms with Crippen molar-refractivity contribution in [1.29, 1.82) is 0 Å². The van der Waals surface area contributed by atoms with E-state index in [-0.39, 0.29) is 13.2 Å². The molecule has 0 radical (unpaired) electrons. The molecule has 0 bridgehead atoms. The van der Waals surface area contributed by atoms with Crippen LogP contribution >= 0.6 is 15.9 Å². The third-order valence-electron chi connectivity index (χ3n) is 3.94. The predicted molar refractivity (Wildman–Crippen MR) is 114 cm³/mol. The van der Waals surface area contributed by atoms with Crippen LogP contribution in [0.2, 0.25) is 0 Å². The van der Waals surface area contributed by atoms with Gasteiger partial charge in [0, 0.05) is 15.8 Å². The van der Waals surface area contributed by atoms with Crippen LogP contribution in [0.15, 0.2) is 89.4 Å². The lowest BCUT2D eigenvalue weighted by molar-refractivity contribution is -0.145. The van der Waals surface area contributed by atoms with E-state index in [9.17, 15) is 9.59 Å². The van der Waals surface area contributed by atoms with Crippen molar-refractivity contribution < 1.29 is 14.3 Å². The van der Waals surface area contributed by atoms with Gasteiger partial charge in [-0.05, 0) is 52.3 Å². The fraction of sp³-hybridized carbons (Fsp3) is 0.0909. The summed E-state index contributed by atoms with van der Waals surface area (Å²) in [5.74, 6) is -0.888. The third kappa shape index (κ3) is 5.44. The summed E-state index contributed by atoms with van der Waals surface area (Å²) >= 11 is 3.36. The second-order valence-electron chi connectivity index (χ2n) is 5.95. The van der Waals surface area contributed by atoms with Crippen LogP contribution in [0.4, 0.5) is 17.1 Å². The van der Waals surface area contributed by atoms with E-state index in [1.807, 2.05) is 83.8 Å². The first-order valence-electron chi connectivity index (χ1n) is 8.71. The zero-order valence-electron chi connectivity index (χ0n) is 15.0. The third-order valence-corrected chi connectivity index (χ3v) is 4.63. The van der Waals surface area contributed by atoms with Crippen LogP contribution in [0.25, 0.3) is 0 Å². The Balaban J connectivity index is 1.61. The van der Waals surface area contributed by atoms with Gasteiger partial charge in [0.05, 0.1) is 5.69 Å². The molecule has 0 fully saturated rings. The Morgan fingerprint density at radius 1 is 0.821 bits per heavy atom. The quantitative estimate of drug-likeness (QED) is 0.539. The summed E-state index contributed by atoms with van der Waals surface area (Å²) in [7, 11) is 0. The first kappa shape index (κ1) is 19.6. The summed E-state index contributed by atoms with van der Waals surface area (Å²) in [6.45, 7) is -0.353. The van der Waals surface area contributed by atoms with Gasteiger partial charge in [0.25, 0.3) is 5.91 Å². The number of carbonyl (C=O) groups excluding carboxylic acids is 2. The highest BCUT2D eigenvalue weighted by Crippen LogP contribution is 2.24. The number of hydrogen-bond acceptors (Lipinski definition) is 4. The standard InChI is InChI=1S/C22H19BrN2O3/c23-19-13-7-8-14-20(19)24-21(26)16-28-22(27)15-25(17-9-3-1-4-10-17)18-11-5-2-6-12-18/h1-14H,15-16H2,(H,24,26). The van der Waals surface area contributed by atoms with Gasteiger partial charge >= 0.3 is 5.97 Å². The van der Waals surface area contributed by atoms with E-state index >= 15 is 0 Å². The molecule has 0 saturated heterocycles. The number of nitrogens with zero attached hydrogens (tertiary/aromatic N) is 1. The first-order chi connectivity index (χ1) is 13.6. The number of esters is 1. The molecular weight excluding hydrogens is 420 g/mol. The van der Waals surface area contributed by atoms with Crippen molar-refractivity contribution in [3.05, 3.63) is 89.4 Å². The Hall–Kier alpha value is -3.12. The monoisotopic (exact) mass is 438 g/mol. The molecule has 6 heteroatoms. The van der Waals surface area contributed by atoms with Crippen molar-refractivity contribution in [1.82, 2.24) is 0 Å². The topological polar surface area (TPSA) is 58.6 Å². The molecule has 3 aromatic carbocycles. The summed E-state index contributed by atoms with van der Waals surface area (Å²) in [4.78, 5) is 26.3. The molecule has 142 valence electrons. The van der Waals surface area contributed by atoms with Gasteiger partial charge in [-0.2, -0.15) is 0 Å². The molecule has 3 rings (SSSR count). The van der Waals surface area contributed by atoms with Crippen LogP contribution in [-0.4, -0.2) is 25.0 Å². The lowest BCUT2D eigenvalue weighted by Gasteiger charge is -2.24. The number of benzene rings is 3. The Bertz CT molecular complexity index is 893. The number of ether oxygens (including phenoxy) is 1. The largest absolute Gasteiger partial charge is 0.454 e. The van der Waals surface area contributed by atoms with E-state index in [1.165, 1.54) is 0 Å². The molecule has 0 spiro atoms. The minimum Gasteiger partial charge on any atom is -0.454 e. The van der Waals surface area contributed by atoms with Crippen LogP contribution < -0.4 is 10.2 Å². The SMILES string of the molecule is O=C(COC(=O)CN(c1ccccc1)c1ccccc1)Nc1ccccc1Br. The first-order valence-corrected chi connectivity index (χ1v) is 9.50. The van der Waals surface area contributed by atoms with Crippen molar-refractivity contribution in [3.8, 4) is 0 Å². The van der Waals surface area contributed by atoms with Crippen LogP contribution in [-0.2, 0) is 14.3 Å². The Morgan fingerprint density at radius 3 is 1.93 bits per heavy atom. The molecule has 0 aliphatic carbocycles. The van der Waals surface area contributed by atoms with E-state index in [2.05, 4.69) is 21.2 Å². The Labute approximate surface area is 172 Å².